The zero-order valence-electron chi connectivity index (χ0n) is 15.1. The van der Waals surface area contributed by atoms with Gasteiger partial charge in [0.1, 0.15) is 6.10 Å². The molecule has 4 rings (SSSR count). The van der Waals surface area contributed by atoms with Crippen LogP contribution >= 0.6 is 0 Å². The van der Waals surface area contributed by atoms with E-state index in [0.29, 0.717) is 30.1 Å². The normalized spacial score (nSPS) is 23.9. The number of piperidine rings is 1. The lowest BCUT2D eigenvalue weighted by atomic mass is 9.92. The van der Waals surface area contributed by atoms with Gasteiger partial charge in [-0.3, -0.25) is 0 Å². The number of aliphatic carboxylic acids is 1. The van der Waals surface area contributed by atoms with Gasteiger partial charge in [0, 0.05) is 13.1 Å². The highest BCUT2D eigenvalue weighted by atomic mass is 19.4. The maximum absolute atomic E-state index is 12.9. The van der Waals surface area contributed by atoms with Gasteiger partial charge in [-0.15, -0.1) is 0 Å². The van der Waals surface area contributed by atoms with Crippen molar-refractivity contribution >= 4 is 11.9 Å². The summed E-state index contributed by atoms with van der Waals surface area (Å²) in [6, 6.07) is 0. The van der Waals surface area contributed by atoms with Crippen molar-refractivity contribution < 1.29 is 36.7 Å². The molecule has 0 unspecified atom stereocenters. The number of carbonyl (C=O) groups is 1. The van der Waals surface area contributed by atoms with E-state index in [1.54, 1.807) is 6.92 Å². The summed E-state index contributed by atoms with van der Waals surface area (Å²) in [6.45, 7) is 3.33. The van der Waals surface area contributed by atoms with Crippen LogP contribution in [0.3, 0.4) is 0 Å². The molecule has 0 aromatic carbocycles. The summed E-state index contributed by atoms with van der Waals surface area (Å²) in [4.78, 5) is 23.3. The second-order valence-corrected chi connectivity index (χ2v) is 6.58. The smallest absolute Gasteiger partial charge is 0.475 e. The lowest BCUT2D eigenvalue weighted by molar-refractivity contribution is -0.192. The van der Waals surface area contributed by atoms with Crippen molar-refractivity contribution in [3.8, 4) is 0 Å². The largest absolute Gasteiger partial charge is 0.490 e. The van der Waals surface area contributed by atoms with Crippen LogP contribution in [-0.4, -0.2) is 56.6 Å². The molecule has 0 radical (unpaired) electrons. The minimum atomic E-state index is -5.08. The molecular weight excluding hydrogens is 402 g/mol. The Morgan fingerprint density at radius 1 is 1.31 bits per heavy atom. The molecule has 13 heteroatoms. The number of aryl methyl sites for hydroxylation is 1. The van der Waals surface area contributed by atoms with Crippen LogP contribution in [0, 0.1) is 18.7 Å². The number of aromatic nitrogens is 4. The topological polar surface area (TPSA) is 114 Å². The average Bonchev–Trinajstić information content (AvgIpc) is 3.27. The van der Waals surface area contributed by atoms with Crippen LogP contribution in [0.2, 0.25) is 0 Å². The molecule has 0 bridgehead atoms. The molecule has 0 saturated carbocycles. The molecule has 2 aliphatic rings. The first-order valence-corrected chi connectivity index (χ1v) is 8.61. The van der Waals surface area contributed by atoms with Crippen molar-refractivity contribution in [3.63, 3.8) is 0 Å². The third-order valence-electron chi connectivity index (χ3n) is 4.50. The number of anilines is 1. The molecule has 0 spiro atoms. The van der Waals surface area contributed by atoms with Crippen molar-refractivity contribution in [1.29, 1.82) is 0 Å². The lowest BCUT2D eigenvalue weighted by Gasteiger charge is -2.33. The number of hydrogen-bond donors (Lipinski definition) is 1. The van der Waals surface area contributed by atoms with Gasteiger partial charge in [-0.25, -0.2) is 19.2 Å². The molecule has 29 heavy (non-hydrogen) atoms. The number of carboxylic acid groups (broad SMARTS) is 1. The number of hydrogen-bond acceptors (Lipinski definition) is 8. The monoisotopic (exact) mass is 419 g/mol. The van der Waals surface area contributed by atoms with Crippen molar-refractivity contribution in [2.24, 2.45) is 5.92 Å². The molecule has 2 saturated heterocycles. The summed E-state index contributed by atoms with van der Waals surface area (Å²) in [5, 5.41) is 10.9. The Kier molecular flexibility index (Phi) is 5.96. The molecule has 2 aromatic heterocycles. The summed E-state index contributed by atoms with van der Waals surface area (Å²) < 4.78 is 55.9. The second-order valence-electron chi connectivity index (χ2n) is 6.58. The van der Waals surface area contributed by atoms with Gasteiger partial charge in [0.25, 0.3) is 5.89 Å². The van der Waals surface area contributed by atoms with Crippen molar-refractivity contribution in [1.82, 2.24) is 20.1 Å². The number of rotatable bonds is 2. The summed E-state index contributed by atoms with van der Waals surface area (Å²) in [5.41, 5.74) is 0. The predicted molar refractivity (Wildman–Crippen MR) is 87.3 cm³/mol. The van der Waals surface area contributed by atoms with Gasteiger partial charge in [0.2, 0.25) is 5.95 Å². The van der Waals surface area contributed by atoms with Gasteiger partial charge < -0.3 is 19.3 Å². The van der Waals surface area contributed by atoms with Crippen LogP contribution in [0.25, 0.3) is 0 Å². The van der Waals surface area contributed by atoms with Gasteiger partial charge >= 0.3 is 12.1 Å². The van der Waals surface area contributed by atoms with Crippen LogP contribution < -0.4 is 4.90 Å². The molecule has 158 valence electrons. The Morgan fingerprint density at radius 3 is 2.52 bits per heavy atom. The Bertz CT molecular complexity index is 845. The molecule has 2 aliphatic heterocycles. The summed E-state index contributed by atoms with van der Waals surface area (Å²) in [5.74, 6) is -1.00. The summed E-state index contributed by atoms with van der Waals surface area (Å²) in [7, 11) is 0. The number of fused-ring (bicyclic) bond motifs is 1. The van der Waals surface area contributed by atoms with Crippen LogP contribution in [0.4, 0.5) is 23.5 Å². The highest BCUT2D eigenvalue weighted by Gasteiger charge is 2.42. The quantitative estimate of drug-likeness (QED) is 0.732. The first-order chi connectivity index (χ1) is 13.6. The van der Waals surface area contributed by atoms with Crippen LogP contribution in [0.5, 0.6) is 0 Å². The van der Waals surface area contributed by atoms with Crippen molar-refractivity contribution in [2.75, 3.05) is 18.0 Å². The standard InChI is InChI=1S/C14H16FN5O2.C2HF3O2/c1-8-18-13(22-19-8)11-4-9-2-3-20(7-12(9)21-11)14-16-5-10(15)6-17-14;3-2(4,5)1(6)7/h5-6,9,11-12H,2-4,7H2,1H3;(H,6,7)/t9-,11+,12+;/m0./s1. The van der Waals surface area contributed by atoms with E-state index < -0.39 is 18.0 Å². The maximum atomic E-state index is 12.9. The first-order valence-electron chi connectivity index (χ1n) is 8.61. The van der Waals surface area contributed by atoms with Crippen molar-refractivity contribution in [2.45, 2.75) is 38.1 Å². The van der Waals surface area contributed by atoms with Crippen LogP contribution in [0.15, 0.2) is 16.9 Å². The highest BCUT2D eigenvalue weighted by Crippen LogP contribution is 2.40. The molecule has 9 nitrogen and oxygen atoms in total. The molecular formula is C16H17F4N5O4. The van der Waals surface area contributed by atoms with Gasteiger partial charge in [0.05, 0.1) is 18.5 Å². The predicted octanol–water partition coefficient (Wildman–Crippen LogP) is 2.30. The fourth-order valence-corrected chi connectivity index (χ4v) is 3.18. The Morgan fingerprint density at radius 2 is 1.97 bits per heavy atom. The van der Waals surface area contributed by atoms with E-state index in [1.165, 1.54) is 12.4 Å². The number of ether oxygens (including phenoxy) is 1. The molecule has 4 heterocycles. The SMILES string of the molecule is Cc1noc([C@H]2C[C@@H]3CCN(c4ncc(F)cn4)C[C@H]3O2)n1.O=C(O)C(F)(F)F. The van der Waals surface area contributed by atoms with Crippen molar-refractivity contribution in [3.05, 3.63) is 29.9 Å². The number of halogens is 4. The van der Waals surface area contributed by atoms with E-state index in [-0.39, 0.29) is 12.2 Å². The highest BCUT2D eigenvalue weighted by molar-refractivity contribution is 5.73. The summed E-state index contributed by atoms with van der Waals surface area (Å²) >= 11 is 0. The third-order valence-corrected chi connectivity index (χ3v) is 4.50. The molecule has 2 aromatic rings. The molecule has 3 atom stereocenters. The fourth-order valence-electron chi connectivity index (χ4n) is 3.18. The zero-order chi connectivity index (χ0) is 21.2. The lowest BCUT2D eigenvalue weighted by Crippen LogP contribution is -2.43. The average molecular weight is 419 g/mol. The molecule has 1 N–H and O–H groups in total. The number of alkyl halides is 3. The van der Waals surface area contributed by atoms with Gasteiger partial charge in [-0.05, 0) is 25.7 Å². The van der Waals surface area contributed by atoms with Gasteiger partial charge in [-0.2, -0.15) is 18.2 Å². The third kappa shape index (κ3) is 5.16. The Balaban J connectivity index is 0.000000298. The minimum absolute atomic E-state index is 0.0830. The molecule has 0 amide bonds. The zero-order valence-corrected chi connectivity index (χ0v) is 15.1. The van der Waals surface area contributed by atoms with E-state index >= 15 is 0 Å². The number of nitrogens with zero attached hydrogens (tertiary/aromatic N) is 5. The Hall–Kier alpha value is -2.83. The minimum Gasteiger partial charge on any atom is -0.475 e. The van der Waals surface area contributed by atoms with E-state index in [4.69, 9.17) is 19.2 Å². The van der Waals surface area contributed by atoms with Gasteiger partial charge in [0.15, 0.2) is 11.6 Å². The number of carboxylic acids is 1. The molecule has 2 fully saturated rings. The fraction of sp³-hybridized carbons (Fsp3) is 0.562. The maximum Gasteiger partial charge on any atom is 0.490 e. The first kappa shape index (κ1) is 20.9. The van der Waals surface area contributed by atoms with Gasteiger partial charge in [-0.1, -0.05) is 5.16 Å². The van der Waals surface area contributed by atoms with Crippen LogP contribution in [-0.2, 0) is 9.53 Å². The van der Waals surface area contributed by atoms with E-state index in [9.17, 15) is 17.6 Å². The second kappa shape index (κ2) is 8.27. The van der Waals surface area contributed by atoms with Crippen LogP contribution in [0.1, 0.15) is 30.7 Å². The summed E-state index contributed by atoms with van der Waals surface area (Å²) in [6.07, 6.45) is -0.883. The van der Waals surface area contributed by atoms with E-state index in [1.807, 2.05) is 4.90 Å². The Labute approximate surface area is 161 Å². The molecule has 0 aliphatic carbocycles. The van der Waals surface area contributed by atoms with E-state index in [0.717, 1.165) is 19.4 Å². The van der Waals surface area contributed by atoms with E-state index in [2.05, 4.69) is 20.1 Å².